The lowest BCUT2D eigenvalue weighted by atomic mass is 9.91. The summed E-state index contributed by atoms with van der Waals surface area (Å²) in [6.07, 6.45) is 7.86. The minimum Gasteiger partial charge on any atom is -0.462 e. The van der Waals surface area contributed by atoms with Gasteiger partial charge in [-0.3, -0.25) is 19.2 Å². The van der Waals surface area contributed by atoms with Crippen LogP contribution < -0.4 is 0 Å². The third-order valence-corrected chi connectivity index (χ3v) is 13.5. The van der Waals surface area contributed by atoms with E-state index < -0.39 is 23.1 Å². The maximum absolute atomic E-state index is 12.2. The molecular formula is C34H45B3O12P6. The summed E-state index contributed by atoms with van der Waals surface area (Å²) >= 11 is 0. The average Bonchev–Trinajstić information content (AvgIpc) is 3.94. The van der Waals surface area contributed by atoms with Gasteiger partial charge in [-0.25, -0.2) is 0 Å². The highest BCUT2D eigenvalue weighted by atomic mass is 32.0. The molecule has 55 heavy (non-hydrogen) atoms. The number of fused-ring (bicyclic) bond motifs is 3. The number of carbonyl (C=O) groups excluding carboxylic acids is 5. The third kappa shape index (κ3) is 12.7. The lowest BCUT2D eigenvalue weighted by molar-refractivity contribution is -0.142. The topological polar surface area (TPSA) is 161 Å². The second kappa shape index (κ2) is 21.5. The Balaban J connectivity index is 0.000000167. The fourth-order valence-electron chi connectivity index (χ4n) is 8.49. The Morgan fingerprint density at radius 1 is 0.745 bits per heavy atom. The molecule has 1 aromatic carbocycles. The lowest BCUT2D eigenvalue weighted by Crippen LogP contribution is -2.24. The van der Waals surface area contributed by atoms with Gasteiger partial charge in [0.15, 0.2) is 28.5 Å². The van der Waals surface area contributed by atoms with Gasteiger partial charge in [0.2, 0.25) is 0 Å². The first-order chi connectivity index (χ1) is 26.3. The van der Waals surface area contributed by atoms with E-state index in [0.717, 1.165) is 18.3 Å². The van der Waals surface area contributed by atoms with Crippen LogP contribution >= 0.6 is 49.9 Å². The molecule has 1 N–H and O–H groups in total. The third-order valence-electron chi connectivity index (χ3n) is 10.9. The number of rotatable bonds is 13. The predicted octanol–water partition coefficient (Wildman–Crippen LogP) is 4.73. The van der Waals surface area contributed by atoms with Gasteiger partial charge in [0.05, 0.1) is 37.6 Å². The van der Waals surface area contributed by atoms with Gasteiger partial charge >= 0.3 is 17.9 Å². The number of esters is 3. The number of ketones is 1. The highest BCUT2D eigenvalue weighted by Gasteiger charge is 2.52. The number of aliphatic hydroxyl groups is 1. The molecule has 7 rings (SSSR count). The van der Waals surface area contributed by atoms with Crippen molar-refractivity contribution in [2.24, 2.45) is 35.5 Å². The molecule has 9 unspecified atom stereocenters. The van der Waals surface area contributed by atoms with Crippen LogP contribution in [0.4, 0.5) is 0 Å². The summed E-state index contributed by atoms with van der Waals surface area (Å²) < 4.78 is 32.4. The maximum Gasteiger partial charge on any atom is 0.306 e. The van der Waals surface area contributed by atoms with Gasteiger partial charge in [0, 0.05) is 67.8 Å². The number of aryl methyl sites for hydroxylation is 1. The molecule has 1 aromatic rings. The average molecular weight is 864 g/mol. The Morgan fingerprint density at radius 2 is 1.20 bits per heavy atom. The maximum atomic E-state index is 12.2. The molecule has 18 atom stereocenters. The van der Waals surface area contributed by atoms with E-state index in [1.54, 1.807) is 6.08 Å². The minimum absolute atomic E-state index is 0.00812. The van der Waals surface area contributed by atoms with Crippen molar-refractivity contribution in [1.29, 1.82) is 0 Å². The zero-order valence-corrected chi connectivity index (χ0v) is 36.3. The van der Waals surface area contributed by atoms with Crippen LogP contribution in [0.3, 0.4) is 0 Å². The molecule has 0 aromatic heterocycles. The highest BCUT2D eigenvalue weighted by Crippen LogP contribution is 2.52. The summed E-state index contributed by atoms with van der Waals surface area (Å²) in [5.41, 5.74) is 1.15. The van der Waals surface area contributed by atoms with Gasteiger partial charge in [-0.05, 0) is 41.2 Å². The summed E-state index contributed by atoms with van der Waals surface area (Å²) in [4.78, 5) is 56.8. The largest absolute Gasteiger partial charge is 0.462 e. The molecule has 3 aliphatic heterocycles. The van der Waals surface area contributed by atoms with E-state index in [1.807, 2.05) is 36.4 Å². The van der Waals surface area contributed by atoms with E-state index in [-0.39, 0.29) is 102 Å². The van der Waals surface area contributed by atoms with E-state index >= 15 is 0 Å². The van der Waals surface area contributed by atoms with Gasteiger partial charge in [-0.2, -0.15) is 0 Å². The van der Waals surface area contributed by atoms with Crippen molar-refractivity contribution in [2.75, 3.05) is 6.61 Å². The van der Waals surface area contributed by atoms with Crippen molar-refractivity contribution in [2.45, 2.75) is 88.0 Å². The van der Waals surface area contributed by atoms with Crippen LogP contribution in [0.25, 0.3) is 0 Å². The van der Waals surface area contributed by atoms with Crippen molar-refractivity contribution in [1.82, 2.24) is 0 Å². The molecule has 3 aliphatic carbocycles. The fourth-order valence-corrected chi connectivity index (χ4v) is 11.5. The second-order valence-electron chi connectivity index (χ2n) is 14.4. The van der Waals surface area contributed by atoms with Crippen LogP contribution in [-0.2, 0) is 58.2 Å². The molecular weight excluding hydrogens is 819 g/mol. The molecule has 6 fully saturated rings. The Kier molecular flexibility index (Phi) is 17.8. The van der Waals surface area contributed by atoms with E-state index in [2.05, 4.69) is 26.8 Å². The van der Waals surface area contributed by atoms with Crippen LogP contribution in [0, 0.1) is 35.5 Å². The minimum atomic E-state index is -1.07. The smallest absolute Gasteiger partial charge is 0.306 e. The van der Waals surface area contributed by atoms with Crippen LogP contribution in [0.5, 0.6) is 0 Å². The quantitative estimate of drug-likeness (QED) is 0.0727. The molecule has 3 saturated carbocycles. The second-order valence-corrected chi connectivity index (χ2v) is 21.7. The van der Waals surface area contributed by atoms with E-state index in [9.17, 15) is 29.1 Å². The first-order valence-corrected chi connectivity index (χ1v) is 26.9. The van der Waals surface area contributed by atoms with Gasteiger partial charge in [-0.15, -0.1) is 0 Å². The standard InChI is InChI=1S/C18H21BO4P2.C8H13BO4P2.C8H11BO4P2/c19-25(24)23-17-11-16-15(10-18(21)22-16)14(17)9-8-13(20)7-6-12-4-2-1-3-5-12;2*9-15(14)13-7-2-6-4(5(7)3-10)1-8(11)12-6/h1-5,8-9,14-17H,6-7,10-11,24H2;4-7,10H,1-3,14H2;3-7H,1-2,14H2/b9-8+;;/t14?,15-,16+,17-,25?;2*4-,5?,6+,7-,15?/m111/s1. The first-order valence-electron chi connectivity index (χ1n) is 18.0. The van der Waals surface area contributed by atoms with Crippen molar-refractivity contribution in [3.8, 4) is 0 Å². The molecule has 0 spiro atoms. The molecule has 3 heterocycles. The molecule has 21 heteroatoms. The zero-order valence-electron chi connectivity index (χ0n) is 30.2. The van der Waals surface area contributed by atoms with E-state index in [0.29, 0.717) is 44.9 Å². The molecule has 0 bridgehead atoms. The summed E-state index contributed by atoms with van der Waals surface area (Å²) in [6, 6.07) is 9.95. The van der Waals surface area contributed by atoms with Gasteiger partial charge in [0.25, 0.3) is 0 Å². The Morgan fingerprint density at radius 3 is 1.71 bits per heavy atom. The Bertz CT molecular complexity index is 1530. The number of hydrogen-bond donors (Lipinski definition) is 1. The normalized spacial score (nSPS) is 35.9. The van der Waals surface area contributed by atoms with Crippen molar-refractivity contribution >= 4 is 103 Å². The number of benzene rings is 1. The lowest BCUT2D eigenvalue weighted by Gasteiger charge is -2.22. The summed E-state index contributed by atoms with van der Waals surface area (Å²) in [5, 5.41) is 9.30. The summed E-state index contributed by atoms with van der Waals surface area (Å²) in [5.74, 6) is -0.570. The molecule has 12 nitrogen and oxygen atoms in total. The van der Waals surface area contributed by atoms with Crippen LogP contribution in [0.1, 0.15) is 50.5 Å². The van der Waals surface area contributed by atoms with Crippen molar-refractivity contribution < 1.29 is 56.9 Å². The van der Waals surface area contributed by atoms with Crippen LogP contribution in [0.15, 0.2) is 42.5 Å². The van der Waals surface area contributed by atoms with Crippen molar-refractivity contribution in [3.05, 3.63) is 48.0 Å². The molecule has 0 amide bonds. The number of ether oxygens (including phenoxy) is 3. The van der Waals surface area contributed by atoms with Gasteiger partial charge in [-0.1, -0.05) is 63.2 Å². The first kappa shape index (κ1) is 45.4. The Labute approximate surface area is 336 Å². The Hall–Kier alpha value is -0.675. The summed E-state index contributed by atoms with van der Waals surface area (Å²) in [6.45, 7) is 0.0241. The van der Waals surface area contributed by atoms with Gasteiger partial charge in [0.1, 0.15) is 24.6 Å². The van der Waals surface area contributed by atoms with Crippen LogP contribution in [0.2, 0.25) is 0 Å². The number of carbonyl (C=O) groups is 5. The zero-order chi connectivity index (χ0) is 39.8. The highest BCUT2D eigenvalue weighted by molar-refractivity contribution is 8.24. The molecule has 3 saturated heterocycles. The van der Waals surface area contributed by atoms with E-state index in [4.69, 9.17) is 50.5 Å². The monoisotopic (exact) mass is 864 g/mol. The number of allylic oxidation sites excluding steroid dienone is 1. The SMILES string of the molecule is [B]P(P)O[C@@H]1C[C@@H]2OC(=O)C[C@@H]2C1/C=C/C(=O)CCc1ccccc1.[B]P(P)O[C@@H]1C[C@@H]2OC(=O)C[C@@H]2C1C=O.[B]P(P)O[C@@H]1C[C@@H]2OC(=O)C[C@@H]2C1CO. The van der Waals surface area contributed by atoms with E-state index in [1.165, 1.54) is 0 Å². The number of hydrogen-bond acceptors (Lipinski definition) is 12. The molecule has 6 aliphatic rings. The van der Waals surface area contributed by atoms with Crippen molar-refractivity contribution in [3.63, 3.8) is 0 Å². The number of aliphatic hydroxyl groups excluding tert-OH is 1. The predicted molar refractivity (Wildman–Crippen MR) is 222 cm³/mol. The molecule has 6 radical (unpaired) electrons. The van der Waals surface area contributed by atoms with Crippen LogP contribution in [-0.4, -0.2) is 101 Å². The molecule has 292 valence electrons. The fraction of sp³-hybridized carbons (Fsp3) is 0.618. The van der Waals surface area contributed by atoms with Gasteiger partial charge < -0.3 is 37.7 Å². The summed E-state index contributed by atoms with van der Waals surface area (Å²) in [7, 11) is 21.1. The number of aldehydes is 1.